The minimum absolute atomic E-state index is 0.106. The molecule has 0 bridgehead atoms. The standard InChI is InChI=1S/C80H156O17P2/c1-70(2)56-48-40-32-25-19-15-11-9-13-17-21-28-36-44-52-60-77(82)90-66-75(96-80(85)63-55-47-38-30-24-23-27-34-42-50-58-72(5)6)68-94-98(86,87)92-64-74(81)65-93-99(88,89)95-69-76(67-91-78(83)61-53-45-39-31-35-43-51-59-73(7)8)97-79(84)62-54-46-37-29-22-18-14-10-12-16-20-26-33-41-49-57-71(3)4/h70-76,81H,9-69H2,1-8H3,(H,86,87)(H,88,89)/t74?,75-,76-/m1/s1. The zero-order valence-electron chi connectivity index (χ0n) is 65.1. The summed E-state index contributed by atoms with van der Waals surface area (Å²) in [5.41, 5.74) is 0. The zero-order chi connectivity index (χ0) is 73.1. The van der Waals surface area contributed by atoms with Crippen LogP contribution in [-0.4, -0.2) is 96.7 Å². The van der Waals surface area contributed by atoms with Crippen molar-refractivity contribution in [1.29, 1.82) is 0 Å². The van der Waals surface area contributed by atoms with E-state index >= 15 is 0 Å². The quantitative estimate of drug-likeness (QED) is 0.0222. The van der Waals surface area contributed by atoms with E-state index in [9.17, 15) is 43.2 Å². The van der Waals surface area contributed by atoms with Gasteiger partial charge in [-0.05, 0) is 49.4 Å². The van der Waals surface area contributed by atoms with E-state index in [0.29, 0.717) is 31.6 Å². The van der Waals surface area contributed by atoms with Gasteiger partial charge in [-0.1, -0.05) is 357 Å². The van der Waals surface area contributed by atoms with Crippen LogP contribution in [0, 0.1) is 23.7 Å². The second-order valence-corrected chi connectivity index (χ2v) is 33.6. The van der Waals surface area contributed by atoms with Crippen LogP contribution in [0.2, 0.25) is 0 Å². The van der Waals surface area contributed by atoms with Gasteiger partial charge >= 0.3 is 39.5 Å². The van der Waals surface area contributed by atoms with Crippen LogP contribution in [0.25, 0.3) is 0 Å². The third-order valence-corrected chi connectivity index (χ3v) is 20.5. The molecule has 0 saturated carbocycles. The first-order valence-corrected chi connectivity index (χ1v) is 44.2. The van der Waals surface area contributed by atoms with Crippen LogP contribution in [0.1, 0.15) is 409 Å². The molecule has 0 saturated heterocycles. The predicted molar refractivity (Wildman–Crippen MR) is 404 cm³/mol. The number of aliphatic hydroxyl groups is 1. The van der Waals surface area contributed by atoms with Gasteiger partial charge in [0.25, 0.3) is 0 Å². The van der Waals surface area contributed by atoms with Crippen molar-refractivity contribution in [1.82, 2.24) is 0 Å². The number of hydrogen-bond acceptors (Lipinski definition) is 15. The highest BCUT2D eigenvalue weighted by atomic mass is 31.2. The Kier molecular flexibility index (Phi) is 67.8. The van der Waals surface area contributed by atoms with Gasteiger partial charge < -0.3 is 33.8 Å². The molecule has 5 atom stereocenters. The summed E-state index contributed by atoms with van der Waals surface area (Å²) in [7, 11) is -9.92. The molecule has 0 aliphatic rings. The fraction of sp³-hybridized carbons (Fsp3) is 0.950. The fourth-order valence-electron chi connectivity index (χ4n) is 12.3. The molecule has 0 aliphatic heterocycles. The molecule has 17 nitrogen and oxygen atoms in total. The Hall–Kier alpha value is -1.94. The van der Waals surface area contributed by atoms with Gasteiger partial charge in [0.2, 0.25) is 0 Å². The topological polar surface area (TPSA) is 237 Å². The highest BCUT2D eigenvalue weighted by Crippen LogP contribution is 2.45. The highest BCUT2D eigenvalue weighted by molar-refractivity contribution is 7.47. The van der Waals surface area contributed by atoms with E-state index in [-0.39, 0.29) is 25.7 Å². The largest absolute Gasteiger partial charge is 0.472 e. The minimum Gasteiger partial charge on any atom is -0.462 e. The van der Waals surface area contributed by atoms with Crippen molar-refractivity contribution in [3.63, 3.8) is 0 Å². The molecule has 3 unspecified atom stereocenters. The predicted octanol–water partition coefficient (Wildman–Crippen LogP) is 23.6. The number of phosphoric acid groups is 2. The maximum Gasteiger partial charge on any atom is 0.472 e. The summed E-state index contributed by atoms with van der Waals surface area (Å²) in [6.45, 7) is 14.2. The summed E-state index contributed by atoms with van der Waals surface area (Å²) in [6.07, 6.45) is 55.6. The monoisotopic (exact) mass is 1450 g/mol. The number of esters is 4. The minimum atomic E-state index is -4.96. The molecule has 0 rings (SSSR count). The number of carbonyl (C=O) groups excluding carboxylic acids is 4. The van der Waals surface area contributed by atoms with E-state index < -0.39 is 97.5 Å². The molecule has 0 spiro atoms. The molecule has 0 fully saturated rings. The van der Waals surface area contributed by atoms with E-state index in [1.54, 1.807) is 0 Å². The summed E-state index contributed by atoms with van der Waals surface area (Å²) in [4.78, 5) is 73.0. The van der Waals surface area contributed by atoms with Gasteiger partial charge in [-0.15, -0.1) is 0 Å². The lowest BCUT2D eigenvalue weighted by atomic mass is 10.0. The van der Waals surface area contributed by atoms with Crippen molar-refractivity contribution in [2.75, 3.05) is 39.6 Å². The van der Waals surface area contributed by atoms with Crippen LogP contribution in [0.15, 0.2) is 0 Å². The Labute approximate surface area is 607 Å². The molecule has 99 heavy (non-hydrogen) atoms. The van der Waals surface area contributed by atoms with Crippen LogP contribution in [-0.2, 0) is 65.4 Å². The van der Waals surface area contributed by atoms with Crippen LogP contribution < -0.4 is 0 Å². The molecule has 0 aromatic heterocycles. The van der Waals surface area contributed by atoms with E-state index in [1.165, 1.54) is 205 Å². The lowest BCUT2D eigenvalue weighted by Gasteiger charge is -2.21. The summed E-state index contributed by atoms with van der Waals surface area (Å²) in [6, 6.07) is 0. The lowest BCUT2D eigenvalue weighted by molar-refractivity contribution is -0.161. The van der Waals surface area contributed by atoms with Crippen LogP contribution >= 0.6 is 15.6 Å². The third kappa shape index (κ3) is 74.1. The van der Waals surface area contributed by atoms with Gasteiger partial charge in [-0.2, -0.15) is 0 Å². The summed E-state index contributed by atoms with van der Waals surface area (Å²) < 4.78 is 68.7. The number of phosphoric ester groups is 2. The van der Waals surface area contributed by atoms with Crippen molar-refractivity contribution in [2.24, 2.45) is 23.7 Å². The Morgan fingerprint density at radius 3 is 0.626 bits per heavy atom. The van der Waals surface area contributed by atoms with Gasteiger partial charge in [0.15, 0.2) is 12.2 Å². The molecule has 0 aromatic carbocycles. The van der Waals surface area contributed by atoms with Crippen molar-refractivity contribution < 1.29 is 80.2 Å². The van der Waals surface area contributed by atoms with Crippen molar-refractivity contribution >= 4 is 39.5 Å². The van der Waals surface area contributed by atoms with E-state index in [2.05, 4.69) is 55.4 Å². The third-order valence-electron chi connectivity index (χ3n) is 18.6. The average Bonchev–Trinajstić information content (AvgIpc) is 1.00. The van der Waals surface area contributed by atoms with Crippen LogP contribution in [0.4, 0.5) is 0 Å². The van der Waals surface area contributed by atoms with Gasteiger partial charge in [0, 0.05) is 25.7 Å². The number of rotatable bonds is 77. The molecule has 0 heterocycles. The second kappa shape index (κ2) is 69.1. The summed E-state index contributed by atoms with van der Waals surface area (Å²) in [5.74, 6) is 0.950. The Morgan fingerprint density at radius 1 is 0.253 bits per heavy atom. The van der Waals surface area contributed by atoms with Gasteiger partial charge in [0.1, 0.15) is 19.3 Å². The maximum atomic E-state index is 13.1. The highest BCUT2D eigenvalue weighted by Gasteiger charge is 2.30. The average molecular weight is 1450 g/mol. The number of unbranched alkanes of at least 4 members (excludes halogenated alkanes) is 43. The SMILES string of the molecule is CC(C)CCCCCCCCCCCCCCCCCC(=O)OC[C@H](COP(=O)(O)OCC(O)COP(=O)(O)OC[C@@H](COC(=O)CCCCCCCCCC(C)C)OC(=O)CCCCCCCCCCCCCCCCCC(C)C)OC(=O)CCCCCCCCCCCCC(C)C. The van der Waals surface area contributed by atoms with Crippen LogP contribution in [0.3, 0.4) is 0 Å². The van der Waals surface area contributed by atoms with Crippen LogP contribution in [0.5, 0.6) is 0 Å². The summed E-state index contributed by atoms with van der Waals surface area (Å²) >= 11 is 0. The molecule has 0 amide bonds. The molecule has 3 N–H and O–H groups in total. The first-order valence-electron chi connectivity index (χ1n) is 41.2. The molecule has 19 heteroatoms. The van der Waals surface area contributed by atoms with Crippen molar-refractivity contribution in [2.45, 2.75) is 427 Å². The maximum absolute atomic E-state index is 13.1. The van der Waals surface area contributed by atoms with Gasteiger partial charge in [-0.25, -0.2) is 9.13 Å². The first kappa shape index (κ1) is 97.1. The number of hydrogen-bond donors (Lipinski definition) is 3. The Morgan fingerprint density at radius 2 is 0.424 bits per heavy atom. The smallest absolute Gasteiger partial charge is 0.462 e. The summed E-state index contributed by atoms with van der Waals surface area (Å²) in [5, 5.41) is 10.6. The molecule has 588 valence electrons. The fourth-order valence-corrected chi connectivity index (χ4v) is 13.8. The number of carbonyl (C=O) groups is 4. The number of aliphatic hydroxyl groups excluding tert-OH is 1. The molecular formula is C80H156O17P2. The van der Waals surface area contributed by atoms with E-state index in [4.69, 9.17) is 37.0 Å². The normalized spacial score (nSPS) is 14.1. The van der Waals surface area contributed by atoms with Gasteiger partial charge in [-0.3, -0.25) is 37.3 Å². The first-order chi connectivity index (χ1) is 47.6. The Balaban J connectivity index is 5.22. The molecular weight excluding hydrogens is 1290 g/mol. The molecule has 0 aliphatic carbocycles. The number of ether oxygens (including phenoxy) is 4. The van der Waals surface area contributed by atoms with Crippen molar-refractivity contribution in [3.8, 4) is 0 Å². The second-order valence-electron chi connectivity index (χ2n) is 30.7. The molecule has 0 radical (unpaired) electrons. The van der Waals surface area contributed by atoms with E-state index in [1.807, 2.05) is 0 Å². The zero-order valence-corrected chi connectivity index (χ0v) is 66.9. The van der Waals surface area contributed by atoms with Gasteiger partial charge in [0.05, 0.1) is 26.4 Å². The lowest BCUT2D eigenvalue weighted by Crippen LogP contribution is -2.30. The van der Waals surface area contributed by atoms with E-state index in [0.717, 1.165) is 114 Å². The molecule has 0 aromatic rings. The Bertz CT molecular complexity index is 1940. The van der Waals surface area contributed by atoms with Crippen molar-refractivity contribution in [3.05, 3.63) is 0 Å².